The van der Waals surface area contributed by atoms with Gasteiger partial charge in [-0.05, 0) is 37.9 Å². The molecule has 0 aromatic heterocycles. The van der Waals surface area contributed by atoms with Crippen LogP contribution in [0.1, 0.15) is 36.8 Å². The van der Waals surface area contributed by atoms with Gasteiger partial charge in [0.2, 0.25) is 5.91 Å². The van der Waals surface area contributed by atoms with Crippen molar-refractivity contribution in [3.05, 3.63) is 29.3 Å². The van der Waals surface area contributed by atoms with Gasteiger partial charge in [0.05, 0.1) is 12.6 Å². The minimum atomic E-state index is -0.0553. The number of rotatable bonds is 8. The molecule has 1 fully saturated rings. The molecule has 1 aliphatic rings. The number of benzene rings is 1. The molecule has 5 nitrogen and oxygen atoms in total. The average molecular weight is 357 g/mol. The third-order valence-corrected chi connectivity index (χ3v) is 4.05. The Hall–Kier alpha value is -1.30. The highest BCUT2D eigenvalue weighted by Crippen LogP contribution is 2.20. The number of ether oxygens (including phenoxy) is 2. The van der Waals surface area contributed by atoms with Gasteiger partial charge >= 0.3 is 0 Å². The number of hydrogen-bond acceptors (Lipinski definition) is 4. The van der Waals surface area contributed by atoms with Crippen molar-refractivity contribution in [2.24, 2.45) is 0 Å². The Kier molecular flexibility index (Phi) is 9.76. The van der Waals surface area contributed by atoms with Gasteiger partial charge in [0.25, 0.3) is 0 Å². The summed E-state index contributed by atoms with van der Waals surface area (Å²) >= 11 is 0. The zero-order valence-corrected chi connectivity index (χ0v) is 15.4. The number of halogens is 1. The average Bonchev–Trinajstić information content (AvgIpc) is 2.58. The number of piperidine rings is 1. The molecule has 1 amide bonds. The van der Waals surface area contributed by atoms with E-state index in [9.17, 15) is 4.79 Å². The molecule has 6 heteroatoms. The van der Waals surface area contributed by atoms with E-state index in [0.29, 0.717) is 19.8 Å². The third-order valence-electron chi connectivity index (χ3n) is 4.05. The molecule has 136 valence electrons. The lowest BCUT2D eigenvalue weighted by Gasteiger charge is -2.22. The number of hydrogen-bond donors (Lipinski definition) is 2. The van der Waals surface area contributed by atoms with Crippen LogP contribution in [0.2, 0.25) is 0 Å². The van der Waals surface area contributed by atoms with Crippen LogP contribution in [-0.2, 0) is 16.1 Å². The standard InChI is InChI=1S/C18H28N2O3.ClH/c1-14-7-8-15(17(12-14)23-11-5-10-22-2)13-20-18(21)16-6-3-4-9-19-16;/h7-8,12,16,19H,3-6,9-11,13H2,1-2H3,(H,20,21);1H. The molecule has 2 N–H and O–H groups in total. The minimum Gasteiger partial charge on any atom is -0.493 e. The predicted molar refractivity (Wildman–Crippen MR) is 97.9 cm³/mol. The van der Waals surface area contributed by atoms with E-state index >= 15 is 0 Å². The highest BCUT2D eigenvalue weighted by atomic mass is 35.5. The molecule has 0 radical (unpaired) electrons. The van der Waals surface area contributed by atoms with Crippen LogP contribution in [0.3, 0.4) is 0 Å². The first-order valence-corrected chi connectivity index (χ1v) is 8.43. The Balaban J connectivity index is 0.00000288. The molecule has 1 heterocycles. The van der Waals surface area contributed by atoms with Gasteiger partial charge in [-0.15, -0.1) is 12.4 Å². The summed E-state index contributed by atoms with van der Waals surface area (Å²) in [5.41, 5.74) is 2.16. The van der Waals surface area contributed by atoms with Crippen molar-refractivity contribution < 1.29 is 14.3 Å². The number of aryl methyl sites for hydroxylation is 1. The van der Waals surface area contributed by atoms with E-state index in [1.165, 1.54) is 0 Å². The van der Waals surface area contributed by atoms with Gasteiger partial charge < -0.3 is 20.1 Å². The van der Waals surface area contributed by atoms with Crippen LogP contribution in [0.15, 0.2) is 18.2 Å². The van der Waals surface area contributed by atoms with E-state index < -0.39 is 0 Å². The van der Waals surface area contributed by atoms with E-state index in [0.717, 1.165) is 49.1 Å². The lowest BCUT2D eigenvalue weighted by Crippen LogP contribution is -2.46. The first-order chi connectivity index (χ1) is 11.2. The van der Waals surface area contributed by atoms with Crippen LogP contribution in [0.5, 0.6) is 5.75 Å². The summed E-state index contributed by atoms with van der Waals surface area (Å²) in [7, 11) is 1.69. The summed E-state index contributed by atoms with van der Waals surface area (Å²) in [4.78, 5) is 12.2. The molecule has 0 spiro atoms. The molecule has 1 atom stereocenters. The molecular weight excluding hydrogens is 328 g/mol. The molecule has 1 aromatic rings. The van der Waals surface area contributed by atoms with E-state index in [4.69, 9.17) is 9.47 Å². The Labute approximate surface area is 150 Å². The summed E-state index contributed by atoms with van der Waals surface area (Å²) in [5.74, 6) is 0.925. The molecule has 1 aromatic carbocycles. The van der Waals surface area contributed by atoms with Gasteiger partial charge in [-0.3, -0.25) is 4.79 Å². The maximum atomic E-state index is 12.2. The second-order valence-corrected chi connectivity index (χ2v) is 6.03. The Morgan fingerprint density at radius 3 is 2.88 bits per heavy atom. The van der Waals surface area contributed by atoms with Crippen molar-refractivity contribution in [3.8, 4) is 5.75 Å². The van der Waals surface area contributed by atoms with Gasteiger partial charge in [-0.2, -0.15) is 0 Å². The van der Waals surface area contributed by atoms with Gasteiger partial charge in [-0.1, -0.05) is 18.6 Å². The monoisotopic (exact) mass is 356 g/mol. The number of nitrogens with one attached hydrogen (secondary N) is 2. The number of carbonyl (C=O) groups is 1. The number of carbonyl (C=O) groups excluding carboxylic acids is 1. The van der Waals surface area contributed by atoms with Gasteiger partial charge in [-0.25, -0.2) is 0 Å². The van der Waals surface area contributed by atoms with E-state index in [1.54, 1.807) is 7.11 Å². The summed E-state index contributed by atoms with van der Waals surface area (Å²) in [6.07, 6.45) is 4.03. The Morgan fingerprint density at radius 1 is 1.33 bits per heavy atom. The Bertz CT molecular complexity index is 505. The van der Waals surface area contributed by atoms with Crippen LogP contribution < -0.4 is 15.4 Å². The lowest BCUT2D eigenvalue weighted by molar-refractivity contribution is -0.123. The molecule has 0 aliphatic carbocycles. The maximum absolute atomic E-state index is 12.2. The topological polar surface area (TPSA) is 59.6 Å². The second kappa shape index (κ2) is 11.3. The van der Waals surface area contributed by atoms with Crippen LogP contribution in [-0.4, -0.2) is 38.8 Å². The summed E-state index contributed by atoms with van der Waals surface area (Å²) in [6, 6.07) is 6.03. The van der Waals surface area contributed by atoms with Gasteiger partial charge in [0.1, 0.15) is 5.75 Å². The smallest absolute Gasteiger partial charge is 0.237 e. The van der Waals surface area contributed by atoms with E-state index in [2.05, 4.69) is 10.6 Å². The maximum Gasteiger partial charge on any atom is 0.237 e. The third kappa shape index (κ3) is 6.67. The second-order valence-electron chi connectivity index (χ2n) is 6.03. The summed E-state index contributed by atoms with van der Waals surface area (Å²) < 4.78 is 10.9. The zero-order valence-electron chi connectivity index (χ0n) is 14.6. The Morgan fingerprint density at radius 2 is 2.17 bits per heavy atom. The van der Waals surface area contributed by atoms with Crippen molar-refractivity contribution in [1.29, 1.82) is 0 Å². The molecule has 1 aliphatic heterocycles. The van der Waals surface area contributed by atoms with Crippen molar-refractivity contribution in [3.63, 3.8) is 0 Å². The quantitative estimate of drug-likeness (QED) is 0.703. The largest absolute Gasteiger partial charge is 0.493 e. The molecule has 1 unspecified atom stereocenters. The molecule has 1 saturated heterocycles. The first-order valence-electron chi connectivity index (χ1n) is 8.43. The normalized spacial score (nSPS) is 17.0. The van der Waals surface area contributed by atoms with Gasteiger partial charge in [0.15, 0.2) is 0 Å². The predicted octanol–water partition coefficient (Wildman–Crippen LogP) is 2.59. The lowest BCUT2D eigenvalue weighted by atomic mass is 10.0. The summed E-state index contributed by atoms with van der Waals surface area (Å²) in [5, 5.41) is 6.29. The van der Waals surface area contributed by atoms with Crippen LogP contribution >= 0.6 is 12.4 Å². The molecule has 24 heavy (non-hydrogen) atoms. The fourth-order valence-electron chi connectivity index (χ4n) is 2.71. The molecule has 0 saturated carbocycles. The number of amides is 1. The van der Waals surface area contributed by atoms with Crippen molar-refractivity contribution >= 4 is 18.3 Å². The van der Waals surface area contributed by atoms with Crippen molar-refractivity contribution in [1.82, 2.24) is 10.6 Å². The molecule has 0 bridgehead atoms. The summed E-state index contributed by atoms with van der Waals surface area (Å²) in [6.45, 7) is 4.76. The SMILES string of the molecule is COCCCOc1cc(C)ccc1CNC(=O)C1CCCCN1.Cl. The van der Waals surface area contributed by atoms with Crippen LogP contribution in [0.4, 0.5) is 0 Å². The fourth-order valence-corrected chi connectivity index (χ4v) is 2.71. The highest BCUT2D eigenvalue weighted by molar-refractivity contribution is 5.85. The van der Waals surface area contributed by atoms with E-state index in [1.807, 2.05) is 25.1 Å². The van der Waals surface area contributed by atoms with Gasteiger partial charge in [0, 0.05) is 32.2 Å². The van der Waals surface area contributed by atoms with Crippen molar-refractivity contribution in [2.75, 3.05) is 26.9 Å². The minimum absolute atomic E-state index is 0. The van der Waals surface area contributed by atoms with Crippen LogP contribution in [0, 0.1) is 6.92 Å². The first kappa shape index (κ1) is 20.7. The zero-order chi connectivity index (χ0) is 16.5. The highest BCUT2D eigenvalue weighted by Gasteiger charge is 2.20. The van der Waals surface area contributed by atoms with Crippen molar-refractivity contribution in [2.45, 2.75) is 45.2 Å². The van der Waals surface area contributed by atoms with Crippen LogP contribution in [0.25, 0.3) is 0 Å². The number of methoxy groups -OCH3 is 1. The fraction of sp³-hybridized carbons (Fsp3) is 0.611. The molecular formula is C18H29ClN2O3. The molecule has 2 rings (SSSR count). The van der Waals surface area contributed by atoms with E-state index in [-0.39, 0.29) is 24.4 Å².